The van der Waals surface area contributed by atoms with Crippen molar-refractivity contribution in [2.75, 3.05) is 26.7 Å². The lowest BCUT2D eigenvalue weighted by Crippen LogP contribution is -2.22. The normalized spacial score (nSPS) is 11.8. The largest absolute Gasteiger partial charge is 0.326 e. The van der Waals surface area contributed by atoms with Gasteiger partial charge in [0, 0.05) is 36.4 Å². The molecule has 4 rings (SSSR count). The van der Waals surface area contributed by atoms with E-state index < -0.39 is 24.9 Å². The van der Waals surface area contributed by atoms with E-state index in [4.69, 9.17) is 0 Å². The average Bonchev–Trinajstić information content (AvgIpc) is 3.17. The predicted molar refractivity (Wildman–Crippen MR) is 133 cm³/mol. The Balaban J connectivity index is 1.52. The van der Waals surface area contributed by atoms with Crippen molar-refractivity contribution in [3.8, 4) is 5.69 Å². The van der Waals surface area contributed by atoms with Gasteiger partial charge in [0.25, 0.3) is 0 Å². The number of sulfone groups is 1. The third-order valence-electron chi connectivity index (χ3n) is 4.52. The molecule has 0 saturated carbocycles. The van der Waals surface area contributed by atoms with Crippen LogP contribution in [0.3, 0.4) is 0 Å². The van der Waals surface area contributed by atoms with Crippen LogP contribution < -0.4 is 15.4 Å². The Morgan fingerprint density at radius 2 is 1.54 bits per heavy atom. The molecule has 12 nitrogen and oxygen atoms in total. The zero-order valence-electron chi connectivity index (χ0n) is 18.6. The first-order valence-electron chi connectivity index (χ1n) is 10.1. The summed E-state index contributed by atoms with van der Waals surface area (Å²) in [5.41, 5.74) is 2.76. The van der Waals surface area contributed by atoms with Gasteiger partial charge in [-0.3, -0.25) is 9.52 Å². The molecule has 2 heterocycles. The molecule has 0 aliphatic heterocycles. The topological polar surface area (TPSA) is 165 Å². The number of carbonyl (C=O) groups excluding carboxylic acids is 1. The number of nitrogens with one attached hydrogen (secondary N) is 3. The summed E-state index contributed by atoms with van der Waals surface area (Å²) in [6.07, 6.45) is 4.11. The number of benzene rings is 2. The standard InChI is InChI=1S/C21H21N7O5S2/c1-14(29)24-16-7-9-19(10-8-16)28-20-15(12-23-28)11-22-21(26-20)25-17-3-5-18(6-4-17)27-35(32,33)13-34(2,30)31/h3-12,27H,13H2,1-2H3,(H,24,29)(H,22,25,26). The van der Waals surface area contributed by atoms with Gasteiger partial charge in [-0.25, -0.2) is 26.5 Å². The quantitative estimate of drug-likeness (QED) is 0.319. The van der Waals surface area contributed by atoms with Crippen molar-refractivity contribution >= 4 is 59.8 Å². The fourth-order valence-electron chi connectivity index (χ4n) is 3.20. The summed E-state index contributed by atoms with van der Waals surface area (Å²) in [6.45, 7) is 1.44. The third kappa shape index (κ3) is 6.30. The van der Waals surface area contributed by atoms with Crippen LogP contribution >= 0.6 is 0 Å². The number of anilines is 4. The van der Waals surface area contributed by atoms with Crippen molar-refractivity contribution in [2.45, 2.75) is 6.92 Å². The van der Waals surface area contributed by atoms with Crippen LogP contribution in [0.4, 0.5) is 23.0 Å². The number of amides is 1. The van der Waals surface area contributed by atoms with Crippen molar-refractivity contribution in [3.63, 3.8) is 0 Å². The molecule has 14 heteroatoms. The predicted octanol–water partition coefficient (Wildman–Crippen LogP) is 2.26. The number of fused-ring (bicyclic) bond motifs is 1. The van der Waals surface area contributed by atoms with Gasteiger partial charge in [0.15, 0.2) is 20.6 Å². The maximum absolute atomic E-state index is 12.0. The Bertz CT molecular complexity index is 1600. The van der Waals surface area contributed by atoms with E-state index in [9.17, 15) is 21.6 Å². The molecule has 2 aromatic carbocycles. The molecule has 0 saturated heterocycles. The van der Waals surface area contributed by atoms with E-state index in [-0.39, 0.29) is 11.6 Å². The van der Waals surface area contributed by atoms with Crippen LogP contribution in [0, 0.1) is 0 Å². The lowest BCUT2D eigenvalue weighted by atomic mass is 10.3. The first-order chi connectivity index (χ1) is 16.5. The van der Waals surface area contributed by atoms with E-state index in [1.807, 2.05) is 0 Å². The summed E-state index contributed by atoms with van der Waals surface area (Å²) < 4.78 is 50.3. The van der Waals surface area contributed by atoms with E-state index in [0.717, 1.165) is 17.3 Å². The fraction of sp³-hybridized carbons (Fsp3) is 0.143. The SMILES string of the molecule is CC(=O)Nc1ccc(-n2ncc3cnc(Nc4ccc(NS(=O)(=O)CS(C)(=O)=O)cc4)nc32)cc1. The van der Waals surface area contributed by atoms with Crippen molar-refractivity contribution in [1.29, 1.82) is 0 Å². The Morgan fingerprint density at radius 3 is 2.17 bits per heavy atom. The summed E-state index contributed by atoms with van der Waals surface area (Å²) >= 11 is 0. The highest BCUT2D eigenvalue weighted by Crippen LogP contribution is 2.22. The second-order valence-electron chi connectivity index (χ2n) is 7.72. The minimum Gasteiger partial charge on any atom is -0.326 e. The lowest BCUT2D eigenvalue weighted by Gasteiger charge is -2.09. The molecule has 4 aromatic rings. The van der Waals surface area contributed by atoms with Gasteiger partial charge >= 0.3 is 0 Å². The van der Waals surface area contributed by atoms with Gasteiger partial charge in [0.2, 0.25) is 21.9 Å². The van der Waals surface area contributed by atoms with Crippen LogP contribution in [0.25, 0.3) is 16.7 Å². The number of hydrogen-bond donors (Lipinski definition) is 3. The molecule has 35 heavy (non-hydrogen) atoms. The minimum absolute atomic E-state index is 0.162. The van der Waals surface area contributed by atoms with Gasteiger partial charge in [-0.2, -0.15) is 10.1 Å². The third-order valence-corrected chi connectivity index (χ3v) is 8.03. The first kappa shape index (κ1) is 24.1. The number of aromatic nitrogens is 4. The summed E-state index contributed by atoms with van der Waals surface area (Å²) in [6, 6.07) is 13.3. The van der Waals surface area contributed by atoms with E-state index in [0.29, 0.717) is 23.0 Å². The molecule has 0 aliphatic rings. The van der Waals surface area contributed by atoms with E-state index in [1.165, 1.54) is 19.1 Å². The molecule has 0 unspecified atom stereocenters. The molecule has 1 amide bonds. The van der Waals surface area contributed by atoms with Crippen LogP contribution in [0.1, 0.15) is 6.92 Å². The van der Waals surface area contributed by atoms with Gasteiger partial charge in [-0.1, -0.05) is 0 Å². The second-order valence-corrected chi connectivity index (χ2v) is 11.9. The van der Waals surface area contributed by atoms with Crippen LogP contribution in [-0.2, 0) is 24.7 Å². The smallest absolute Gasteiger partial charge is 0.247 e. The van der Waals surface area contributed by atoms with Gasteiger partial charge in [0.1, 0.15) is 0 Å². The van der Waals surface area contributed by atoms with Crippen molar-refractivity contribution < 1.29 is 21.6 Å². The average molecular weight is 516 g/mol. The van der Waals surface area contributed by atoms with Gasteiger partial charge in [-0.15, -0.1) is 0 Å². The Morgan fingerprint density at radius 1 is 0.914 bits per heavy atom. The highest BCUT2D eigenvalue weighted by atomic mass is 32.3. The number of nitrogens with zero attached hydrogens (tertiary/aromatic N) is 4. The second kappa shape index (κ2) is 9.31. The molecule has 0 aliphatic carbocycles. The highest BCUT2D eigenvalue weighted by molar-refractivity contribution is 8.08. The fourth-order valence-corrected chi connectivity index (χ4v) is 6.18. The first-order valence-corrected chi connectivity index (χ1v) is 13.8. The van der Waals surface area contributed by atoms with Gasteiger partial charge in [-0.05, 0) is 48.5 Å². The summed E-state index contributed by atoms with van der Waals surface area (Å²) in [4.78, 5) is 20.0. The number of carbonyl (C=O) groups is 1. The number of hydrogen-bond acceptors (Lipinski definition) is 9. The highest BCUT2D eigenvalue weighted by Gasteiger charge is 2.18. The van der Waals surface area contributed by atoms with Crippen LogP contribution in [0.15, 0.2) is 60.9 Å². The summed E-state index contributed by atoms with van der Waals surface area (Å²) in [5.74, 6) is 0.129. The van der Waals surface area contributed by atoms with Gasteiger partial charge < -0.3 is 10.6 Å². The molecule has 0 spiro atoms. The molecule has 0 radical (unpaired) electrons. The molecular weight excluding hydrogens is 494 g/mol. The molecular formula is C21H21N7O5S2. The van der Waals surface area contributed by atoms with Gasteiger partial charge in [0.05, 0.1) is 17.3 Å². The molecule has 0 fully saturated rings. The Hall–Kier alpha value is -4.04. The number of rotatable bonds is 8. The van der Waals surface area contributed by atoms with Crippen molar-refractivity contribution in [1.82, 2.24) is 19.7 Å². The molecule has 3 N–H and O–H groups in total. The Labute approximate surface area is 201 Å². The van der Waals surface area contributed by atoms with Crippen LogP contribution in [0.5, 0.6) is 0 Å². The van der Waals surface area contributed by atoms with E-state index in [1.54, 1.807) is 53.5 Å². The Kier molecular flexibility index (Phi) is 6.41. The zero-order valence-corrected chi connectivity index (χ0v) is 20.3. The monoisotopic (exact) mass is 515 g/mol. The van der Waals surface area contributed by atoms with Crippen LogP contribution in [-0.4, -0.2) is 53.8 Å². The van der Waals surface area contributed by atoms with Crippen molar-refractivity contribution in [2.24, 2.45) is 0 Å². The molecule has 2 aromatic heterocycles. The van der Waals surface area contributed by atoms with Crippen molar-refractivity contribution in [3.05, 3.63) is 60.9 Å². The van der Waals surface area contributed by atoms with Crippen LogP contribution in [0.2, 0.25) is 0 Å². The van der Waals surface area contributed by atoms with E-state index >= 15 is 0 Å². The zero-order chi connectivity index (χ0) is 25.2. The molecule has 182 valence electrons. The summed E-state index contributed by atoms with van der Waals surface area (Å²) in [5, 5.41) is 9.83. The maximum Gasteiger partial charge on any atom is 0.247 e. The lowest BCUT2D eigenvalue weighted by molar-refractivity contribution is -0.114. The minimum atomic E-state index is -4.04. The molecule has 0 bridgehead atoms. The summed E-state index contributed by atoms with van der Waals surface area (Å²) in [7, 11) is -7.73. The number of sulfonamides is 1. The van der Waals surface area contributed by atoms with E-state index in [2.05, 4.69) is 30.4 Å². The molecule has 0 atom stereocenters. The maximum atomic E-state index is 12.0.